The molecule has 0 fully saturated rings. The first-order chi connectivity index (χ1) is 7.27. The van der Waals surface area contributed by atoms with Crippen LogP contribution in [0.15, 0.2) is 54.6 Å². The quantitative estimate of drug-likeness (QED) is 0.746. The Balaban J connectivity index is 2.29. The van der Waals surface area contributed by atoms with Gasteiger partial charge in [0, 0.05) is 0 Å². The van der Waals surface area contributed by atoms with Crippen molar-refractivity contribution in [3.05, 3.63) is 60.2 Å². The molecule has 2 aromatic rings. The van der Waals surface area contributed by atoms with E-state index in [1.54, 1.807) is 7.22 Å². The van der Waals surface area contributed by atoms with Gasteiger partial charge in [-0.25, -0.2) is 0 Å². The van der Waals surface area contributed by atoms with Crippen molar-refractivity contribution >= 4 is 26.8 Å². The van der Waals surface area contributed by atoms with Gasteiger partial charge in [-0.3, -0.25) is 0 Å². The molecule has 0 unspecified atom stereocenters. The Morgan fingerprint density at radius 2 is 1.27 bits per heavy atom. The van der Waals surface area contributed by atoms with Crippen molar-refractivity contribution in [1.29, 1.82) is 0 Å². The molecule has 0 heterocycles. The Hall–Kier alpha value is -0.770. The molecule has 0 N–H and O–H groups in total. The first kappa shape index (κ1) is 10.7. The second-order valence-corrected chi connectivity index (χ2v) is 9.24. The van der Waals surface area contributed by atoms with Crippen molar-refractivity contribution in [2.45, 2.75) is 11.9 Å². The summed E-state index contributed by atoms with van der Waals surface area (Å²) < 4.78 is 3.10. The third-order valence-electron chi connectivity index (χ3n) is 2.47. The van der Waals surface area contributed by atoms with Gasteiger partial charge in [0.05, 0.1) is 0 Å². The summed E-state index contributed by atoms with van der Waals surface area (Å²) in [5, 5.41) is 0. The third-order valence-corrected chi connectivity index (χ3v) is 8.06. The second-order valence-electron chi connectivity index (χ2n) is 3.64. The molecular formula is C14H15Te+. The van der Waals surface area contributed by atoms with Gasteiger partial charge in [-0.2, -0.15) is 0 Å². The molecule has 0 aromatic heterocycles. The molecule has 0 aliphatic rings. The van der Waals surface area contributed by atoms with E-state index < -0.39 is 19.6 Å². The zero-order valence-corrected chi connectivity index (χ0v) is 11.4. The Morgan fingerprint density at radius 1 is 0.733 bits per heavy atom. The van der Waals surface area contributed by atoms with Gasteiger partial charge >= 0.3 is 98.8 Å². The van der Waals surface area contributed by atoms with Crippen molar-refractivity contribution in [2.75, 3.05) is 0 Å². The standard InChI is InChI=1S/C14H15Te/c1-12-8-10-14(11-9-12)15(2)13-6-4-3-5-7-13/h3-11H,1-2H3/q+1. The summed E-state index contributed by atoms with van der Waals surface area (Å²) in [6, 6.07) is 19.9. The van der Waals surface area contributed by atoms with Crippen LogP contribution in [0.3, 0.4) is 0 Å². The fraction of sp³-hybridized carbons (Fsp3) is 0.143. The molecule has 15 heavy (non-hydrogen) atoms. The monoisotopic (exact) mass is 313 g/mol. The molecule has 0 spiro atoms. The zero-order valence-electron chi connectivity index (χ0n) is 9.10. The second kappa shape index (κ2) is 4.84. The van der Waals surface area contributed by atoms with Gasteiger partial charge < -0.3 is 0 Å². The fourth-order valence-corrected chi connectivity index (χ4v) is 5.45. The first-order valence-electron chi connectivity index (χ1n) is 5.05. The van der Waals surface area contributed by atoms with E-state index in [0.29, 0.717) is 0 Å². The van der Waals surface area contributed by atoms with Crippen LogP contribution in [0.4, 0.5) is 0 Å². The van der Waals surface area contributed by atoms with E-state index in [2.05, 4.69) is 66.5 Å². The maximum atomic E-state index is 2.42. The summed E-state index contributed by atoms with van der Waals surface area (Å²) in [4.78, 5) is 2.42. The molecule has 0 aliphatic heterocycles. The first-order valence-corrected chi connectivity index (χ1v) is 9.71. The van der Waals surface area contributed by atoms with Crippen molar-refractivity contribution in [2.24, 2.45) is 0 Å². The normalized spacial score (nSPS) is 10.6. The van der Waals surface area contributed by atoms with Crippen molar-refractivity contribution in [1.82, 2.24) is 0 Å². The molecule has 0 saturated carbocycles. The van der Waals surface area contributed by atoms with Gasteiger partial charge in [-0.15, -0.1) is 0 Å². The van der Waals surface area contributed by atoms with E-state index in [4.69, 9.17) is 0 Å². The summed E-state index contributed by atoms with van der Waals surface area (Å²) in [6.07, 6.45) is 0. The van der Waals surface area contributed by atoms with E-state index in [-0.39, 0.29) is 0 Å². The number of aryl methyl sites for hydroxylation is 1. The van der Waals surface area contributed by atoms with Crippen LogP contribution in [0.5, 0.6) is 0 Å². The van der Waals surface area contributed by atoms with E-state index in [1.165, 1.54) is 5.56 Å². The molecule has 76 valence electrons. The average Bonchev–Trinajstić information content (AvgIpc) is 2.30. The number of hydrogen-bond acceptors (Lipinski definition) is 0. The van der Waals surface area contributed by atoms with E-state index in [9.17, 15) is 0 Å². The molecule has 2 rings (SSSR count). The van der Waals surface area contributed by atoms with Crippen molar-refractivity contribution in [3.63, 3.8) is 0 Å². The SMILES string of the molecule is Cc1ccc([Te+](C)c2ccccc2)cc1. The Bertz CT molecular complexity index is 417. The molecule has 0 saturated heterocycles. The molecule has 0 amide bonds. The molecular weight excluding hydrogens is 296 g/mol. The van der Waals surface area contributed by atoms with Crippen LogP contribution >= 0.6 is 0 Å². The number of hydrogen-bond donors (Lipinski definition) is 0. The van der Waals surface area contributed by atoms with Crippen LogP contribution in [0.25, 0.3) is 0 Å². The Kier molecular flexibility index (Phi) is 3.46. The summed E-state index contributed by atoms with van der Waals surface area (Å²) in [6.45, 7) is 2.14. The summed E-state index contributed by atoms with van der Waals surface area (Å²) >= 11 is -1.26. The van der Waals surface area contributed by atoms with Crippen LogP contribution < -0.4 is 7.22 Å². The molecule has 1 heteroatoms. The van der Waals surface area contributed by atoms with Crippen LogP contribution in [0.2, 0.25) is 4.97 Å². The predicted octanol–water partition coefficient (Wildman–Crippen LogP) is 2.23. The maximum absolute atomic E-state index is 2.42. The predicted molar refractivity (Wildman–Crippen MR) is 68.5 cm³/mol. The van der Waals surface area contributed by atoms with Crippen LogP contribution in [-0.4, -0.2) is 19.6 Å². The van der Waals surface area contributed by atoms with Gasteiger partial charge in [0.1, 0.15) is 0 Å². The molecule has 0 radical (unpaired) electrons. The molecule has 0 nitrogen and oxygen atoms in total. The topological polar surface area (TPSA) is 0 Å². The van der Waals surface area contributed by atoms with Crippen LogP contribution in [0, 0.1) is 6.92 Å². The molecule has 0 atom stereocenters. The van der Waals surface area contributed by atoms with Gasteiger partial charge in [0.15, 0.2) is 0 Å². The minimum atomic E-state index is -1.26. The van der Waals surface area contributed by atoms with Gasteiger partial charge in [-0.05, 0) is 0 Å². The van der Waals surface area contributed by atoms with Crippen molar-refractivity contribution < 1.29 is 0 Å². The third kappa shape index (κ3) is 2.62. The van der Waals surface area contributed by atoms with Crippen LogP contribution in [-0.2, 0) is 0 Å². The van der Waals surface area contributed by atoms with Gasteiger partial charge in [0.2, 0.25) is 0 Å². The molecule has 0 aliphatic carbocycles. The van der Waals surface area contributed by atoms with Crippen LogP contribution in [0.1, 0.15) is 5.56 Å². The zero-order chi connectivity index (χ0) is 10.7. The summed E-state index contributed by atoms with van der Waals surface area (Å²) in [5.41, 5.74) is 1.35. The van der Waals surface area contributed by atoms with E-state index in [0.717, 1.165) is 0 Å². The number of rotatable bonds is 2. The molecule has 2 aromatic carbocycles. The van der Waals surface area contributed by atoms with E-state index >= 15 is 0 Å². The van der Waals surface area contributed by atoms with Gasteiger partial charge in [0.25, 0.3) is 0 Å². The van der Waals surface area contributed by atoms with E-state index in [1.807, 2.05) is 0 Å². The summed E-state index contributed by atoms with van der Waals surface area (Å²) in [7, 11) is 0. The average molecular weight is 311 g/mol. The van der Waals surface area contributed by atoms with Gasteiger partial charge in [-0.1, -0.05) is 0 Å². The fourth-order valence-electron chi connectivity index (χ4n) is 1.50. The van der Waals surface area contributed by atoms with Crippen molar-refractivity contribution in [3.8, 4) is 0 Å². The Labute approximate surface area is 98.6 Å². The molecule has 0 bridgehead atoms. The Morgan fingerprint density at radius 3 is 1.87 bits per heavy atom. The summed E-state index contributed by atoms with van der Waals surface area (Å²) in [5.74, 6) is 0. The number of benzene rings is 2. The minimum absolute atomic E-state index is 1.26.